The number of nitrogens with zero attached hydrogens (tertiary/aromatic N) is 1. The van der Waals surface area contributed by atoms with E-state index < -0.39 is 20.0 Å². The number of phosphoric ester groups is 1. The van der Waals surface area contributed by atoms with Crippen LogP contribution in [0.15, 0.2) is 48.6 Å². The van der Waals surface area contributed by atoms with E-state index in [4.69, 9.17) is 9.05 Å². The van der Waals surface area contributed by atoms with Crippen molar-refractivity contribution < 1.29 is 32.9 Å². The van der Waals surface area contributed by atoms with Crippen LogP contribution < -0.4 is 5.32 Å². The monoisotopic (exact) mass is 796 g/mol. The summed E-state index contributed by atoms with van der Waals surface area (Å²) in [6, 6.07) is -0.870. The van der Waals surface area contributed by atoms with E-state index in [1.165, 1.54) is 116 Å². The molecular weight excluding hydrogens is 707 g/mol. The minimum absolute atomic E-state index is 0.0515. The van der Waals surface area contributed by atoms with Gasteiger partial charge in [-0.3, -0.25) is 13.8 Å². The first kappa shape index (κ1) is 53.5. The van der Waals surface area contributed by atoms with Crippen molar-refractivity contribution in [3.63, 3.8) is 0 Å². The van der Waals surface area contributed by atoms with Gasteiger partial charge in [0.25, 0.3) is 0 Å². The second kappa shape index (κ2) is 38.0. The fourth-order valence-electron chi connectivity index (χ4n) is 6.11. The Morgan fingerprint density at radius 3 is 1.51 bits per heavy atom. The van der Waals surface area contributed by atoms with Crippen LogP contribution in [-0.2, 0) is 18.4 Å². The summed E-state index contributed by atoms with van der Waals surface area (Å²) in [6.07, 6.45) is 47.6. The Morgan fingerprint density at radius 2 is 1.02 bits per heavy atom. The molecule has 0 saturated heterocycles. The number of phosphoric acid groups is 1. The lowest BCUT2D eigenvalue weighted by molar-refractivity contribution is -0.870. The van der Waals surface area contributed by atoms with E-state index in [-0.39, 0.29) is 19.1 Å². The Kier molecular flexibility index (Phi) is 36.9. The van der Waals surface area contributed by atoms with Crippen molar-refractivity contribution in [3.05, 3.63) is 48.6 Å². The van der Waals surface area contributed by atoms with Crippen molar-refractivity contribution in [2.24, 2.45) is 0 Å². The zero-order valence-corrected chi connectivity index (χ0v) is 37.3. The van der Waals surface area contributed by atoms with Crippen LogP contribution >= 0.6 is 7.82 Å². The lowest BCUT2D eigenvalue weighted by Crippen LogP contribution is -2.45. The first-order chi connectivity index (χ1) is 26.5. The summed E-state index contributed by atoms with van der Waals surface area (Å²) in [5.74, 6) is -0.198. The summed E-state index contributed by atoms with van der Waals surface area (Å²) >= 11 is 0. The Labute approximate surface area is 339 Å². The molecule has 0 aliphatic carbocycles. The molecule has 0 aromatic heterocycles. The molecule has 0 bridgehead atoms. The number of aliphatic hydroxyl groups is 1. The number of rotatable bonds is 40. The highest BCUT2D eigenvalue weighted by molar-refractivity contribution is 7.47. The van der Waals surface area contributed by atoms with Gasteiger partial charge in [-0.15, -0.1) is 0 Å². The molecule has 0 aromatic rings. The van der Waals surface area contributed by atoms with Gasteiger partial charge in [0, 0.05) is 6.42 Å². The number of hydrogen-bond donors (Lipinski definition) is 3. The van der Waals surface area contributed by atoms with Crippen molar-refractivity contribution in [2.75, 3.05) is 40.9 Å². The van der Waals surface area contributed by atoms with Crippen LogP contribution in [-0.4, -0.2) is 73.4 Å². The number of quaternary nitrogens is 1. The first-order valence-electron chi connectivity index (χ1n) is 22.5. The Bertz CT molecular complexity index is 1040. The van der Waals surface area contributed by atoms with E-state index in [1.54, 1.807) is 6.08 Å². The minimum atomic E-state index is -4.35. The maximum Gasteiger partial charge on any atom is 0.472 e. The second-order valence-corrected chi connectivity index (χ2v) is 17.9. The molecule has 0 heterocycles. The van der Waals surface area contributed by atoms with Crippen molar-refractivity contribution in [3.8, 4) is 0 Å². The highest BCUT2D eigenvalue weighted by atomic mass is 31.2. The fraction of sp³-hybridized carbons (Fsp3) is 0.804. The van der Waals surface area contributed by atoms with Gasteiger partial charge in [-0.2, -0.15) is 0 Å². The van der Waals surface area contributed by atoms with Crippen LogP contribution in [0.2, 0.25) is 0 Å². The molecule has 0 aromatic carbocycles. The van der Waals surface area contributed by atoms with Gasteiger partial charge in [-0.25, -0.2) is 4.57 Å². The Hall–Kier alpha value is -1.54. The average Bonchev–Trinajstić information content (AvgIpc) is 3.13. The predicted molar refractivity (Wildman–Crippen MR) is 235 cm³/mol. The topological polar surface area (TPSA) is 105 Å². The lowest BCUT2D eigenvalue weighted by atomic mass is 10.1. The second-order valence-electron chi connectivity index (χ2n) is 16.4. The summed E-state index contributed by atoms with van der Waals surface area (Å²) < 4.78 is 23.5. The molecule has 3 atom stereocenters. The largest absolute Gasteiger partial charge is 0.472 e. The van der Waals surface area contributed by atoms with Crippen LogP contribution in [0.4, 0.5) is 0 Å². The molecule has 0 saturated carbocycles. The summed E-state index contributed by atoms with van der Waals surface area (Å²) in [6.45, 7) is 4.72. The van der Waals surface area contributed by atoms with Crippen molar-refractivity contribution in [1.82, 2.24) is 5.32 Å². The molecule has 55 heavy (non-hydrogen) atoms. The summed E-state index contributed by atoms with van der Waals surface area (Å²) in [5.41, 5.74) is 0. The number of carbonyl (C=O) groups excluding carboxylic acids is 1. The van der Waals surface area contributed by atoms with Crippen LogP contribution in [0.3, 0.4) is 0 Å². The quantitative estimate of drug-likeness (QED) is 0.0247. The molecule has 0 aliphatic heterocycles. The van der Waals surface area contributed by atoms with Crippen LogP contribution in [0.5, 0.6) is 0 Å². The fourth-order valence-corrected chi connectivity index (χ4v) is 6.85. The number of amides is 1. The SMILES string of the molecule is CCCC/C=C/CC/C=C/CC/C=C/C(O)C(COP(=O)(O)OCC[N+](C)(C)C)NC(=O)CCCCCCCCC/C=C\CCCCCCCCCCCC. The standard InChI is InChI=1S/C46H87N2O6P/c1-6-8-10-12-14-16-18-20-21-22-23-24-25-26-27-28-30-32-34-36-38-40-46(50)47-44(43-54-55(51,52)53-42-41-48(3,4)5)45(49)39-37-35-33-31-29-19-17-15-13-11-9-7-2/h13,15,24-25,29,31,37,39,44-45,49H,6-12,14,16-23,26-28,30,32-36,38,40-43H2,1-5H3,(H-,47,50,51,52)/p+1/b15-13+,25-24-,31-29+,39-37+. The summed E-state index contributed by atoms with van der Waals surface area (Å²) in [7, 11) is 1.54. The zero-order chi connectivity index (χ0) is 40.7. The van der Waals surface area contributed by atoms with Gasteiger partial charge in [-0.05, 0) is 64.2 Å². The zero-order valence-electron chi connectivity index (χ0n) is 36.4. The number of unbranched alkanes of at least 4 members (excludes halogenated alkanes) is 21. The number of hydrogen-bond acceptors (Lipinski definition) is 5. The summed E-state index contributed by atoms with van der Waals surface area (Å²) in [5, 5.41) is 13.8. The normalized spacial score (nSPS) is 14.8. The predicted octanol–water partition coefficient (Wildman–Crippen LogP) is 12.5. The van der Waals surface area contributed by atoms with E-state index in [1.807, 2.05) is 27.2 Å². The lowest BCUT2D eigenvalue weighted by Gasteiger charge is -2.25. The van der Waals surface area contributed by atoms with E-state index >= 15 is 0 Å². The molecule has 8 nitrogen and oxygen atoms in total. The molecule has 0 aliphatic rings. The van der Waals surface area contributed by atoms with Gasteiger partial charge in [0.2, 0.25) is 5.91 Å². The average molecular weight is 796 g/mol. The van der Waals surface area contributed by atoms with Gasteiger partial charge >= 0.3 is 7.82 Å². The molecule has 3 N–H and O–H groups in total. The molecule has 3 unspecified atom stereocenters. The third-order valence-electron chi connectivity index (χ3n) is 9.75. The molecule has 0 fully saturated rings. The Balaban J connectivity index is 4.38. The number of aliphatic hydroxyl groups excluding tert-OH is 1. The highest BCUT2D eigenvalue weighted by Crippen LogP contribution is 2.43. The number of nitrogens with one attached hydrogen (secondary N) is 1. The smallest absolute Gasteiger partial charge is 0.387 e. The molecule has 9 heteroatoms. The third-order valence-corrected chi connectivity index (χ3v) is 10.7. The van der Waals surface area contributed by atoms with Crippen LogP contribution in [0, 0.1) is 0 Å². The molecule has 322 valence electrons. The first-order valence-corrected chi connectivity index (χ1v) is 24.0. The van der Waals surface area contributed by atoms with Crippen molar-refractivity contribution in [1.29, 1.82) is 0 Å². The maximum atomic E-state index is 12.9. The van der Waals surface area contributed by atoms with E-state index in [0.29, 0.717) is 17.4 Å². The van der Waals surface area contributed by atoms with E-state index in [0.717, 1.165) is 51.4 Å². The molecule has 0 spiro atoms. The van der Waals surface area contributed by atoms with Gasteiger partial charge in [0.15, 0.2) is 0 Å². The number of carbonyl (C=O) groups is 1. The highest BCUT2D eigenvalue weighted by Gasteiger charge is 2.27. The molecule has 0 rings (SSSR count). The van der Waals surface area contributed by atoms with Gasteiger partial charge in [0.05, 0.1) is 39.9 Å². The van der Waals surface area contributed by atoms with Crippen molar-refractivity contribution in [2.45, 2.75) is 199 Å². The van der Waals surface area contributed by atoms with Gasteiger partial charge in [0.1, 0.15) is 13.2 Å². The van der Waals surface area contributed by atoms with E-state index in [2.05, 4.69) is 55.6 Å². The summed E-state index contributed by atoms with van der Waals surface area (Å²) in [4.78, 5) is 23.1. The van der Waals surface area contributed by atoms with E-state index in [9.17, 15) is 19.4 Å². The maximum absolute atomic E-state index is 12.9. The third kappa shape index (κ3) is 40.5. The molecule has 1 amide bonds. The van der Waals surface area contributed by atoms with Crippen LogP contribution in [0.25, 0.3) is 0 Å². The Morgan fingerprint density at radius 1 is 0.600 bits per heavy atom. The number of likely N-dealkylation sites (N-methyl/N-ethyl adjacent to an activating group) is 1. The molecular formula is C46H88N2O6P+. The van der Waals surface area contributed by atoms with Crippen molar-refractivity contribution >= 4 is 13.7 Å². The minimum Gasteiger partial charge on any atom is -0.387 e. The molecule has 0 radical (unpaired) electrons. The van der Waals surface area contributed by atoms with Crippen LogP contribution in [0.1, 0.15) is 187 Å². The number of allylic oxidation sites excluding steroid dienone is 7. The van der Waals surface area contributed by atoms with Gasteiger partial charge in [-0.1, -0.05) is 165 Å². The van der Waals surface area contributed by atoms with Gasteiger partial charge < -0.3 is 19.8 Å².